The van der Waals surface area contributed by atoms with Crippen LogP contribution >= 0.6 is 43.2 Å². The lowest BCUT2D eigenvalue weighted by atomic mass is 9.96. The van der Waals surface area contributed by atoms with Gasteiger partial charge in [-0.1, -0.05) is 46.3 Å². The molecule has 0 radical (unpaired) electrons. The van der Waals surface area contributed by atoms with Gasteiger partial charge < -0.3 is 0 Å². The molecule has 2 aromatic rings. The third-order valence-corrected chi connectivity index (χ3v) is 7.70. The Morgan fingerprint density at radius 2 is 1.90 bits per heavy atom. The Bertz CT molecular complexity index is 729. The first kappa shape index (κ1) is 17.1. The van der Waals surface area contributed by atoms with Gasteiger partial charge in [-0.25, -0.2) is 8.42 Å². The van der Waals surface area contributed by atoms with E-state index in [0.717, 1.165) is 14.2 Å². The number of benzene rings is 1. The van der Waals surface area contributed by atoms with E-state index in [2.05, 4.69) is 36.6 Å². The molecule has 1 N–H and O–H groups in total. The molecule has 114 valence electrons. The second kappa shape index (κ2) is 6.50. The normalized spacial score (nSPS) is 14.9. The summed E-state index contributed by atoms with van der Waals surface area (Å²) in [7, 11) is -3.59. The molecule has 0 amide bonds. The van der Waals surface area contributed by atoms with Gasteiger partial charge in [-0.2, -0.15) is 4.72 Å². The molecular formula is C14H15Br2NO2S2. The van der Waals surface area contributed by atoms with Gasteiger partial charge in [0.25, 0.3) is 0 Å². The number of sulfonamides is 1. The molecule has 0 bridgehead atoms. The Morgan fingerprint density at radius 1 is 1.29 bits per heavy atom. The maximum Gasteiger partial charge on any atom is 0.242 e. The minimum absolute atomic E-state index is 0.322. The van der Waals surface area contributed by atoms with Crippen LogP contribution in [0.2, 0.25) is 0 Å². The van der Waals surface area contributed by atoms with Gasteiger partial charge in [-0.3, -0.25) is 0 Å². The maximum absolute atomic E-state index is 12.7. The number of halogens is 2. The van der Waals surface area contributed by atoms with E-state index in [-0.39, 0.29) is 0 Å². The van der Waals surface area contributed by atoms with Crippen molar-refractivity contribution in [3.8, 4) is 0 Å². The van der Waals surface area contributed by atoms with Gasteiger partial charge in [0.15, 0.2) is 0 Å². The zero-order valence-electron chi connectivity index (χ0n) is 11.6. The highest BCUT2D eigenvalue weighted by Crippen LogP contribution is 2.32. The quantitative estimate of drug-likeness (QED) is 0.683. The lowest BCUT2D eigenvalue weighted by Gasteiger charge is -2.29. The van der Waals surface area contributed by atoms with E-state index in [1.54, 1.807) is 13.0 Å². The number of alkyl halides is 1. The Hall–Kier alpha value is -0.210. The van der Waals surface area contributed by atoms with Crippen LogP contribution in [0.5, 0.6) is 0 Å². The first-order valence-electron chi connectivity index (χ1n) is 6.20. The van der Waals surface area contributed by atoms with E-state index in [9.17, 15) is 8.42 Å². The van der Waals surface area contributed by atoms with Crippen molar-refractivity contribution < 1.29 is 8.42 Å². The molecule has 1 heterocycles. The molecule has 7 heteroatoms. The van der Waals surface area contributed by atoms with Gasteiger partial charge in [0.05, 0.1) is 14.2 Å². The molecule has 0 spiro atoms. The van der Waals surface area contributed by atoms with Crippen molar-refractivity contribution >= 4 is 53.2 Å². The predicted molar refractivity (Wildman–Crippen MR) is 94.7 cm³/mol. The summed E-state index contributed by atoms with van der Waals surface area (Å²) in [6.45, 7) is 3.67. The van der Waals surface area contributed by atoms with Crippen LogP contribution in [-0.4, -0.2) is 13.7 Å². The molecule has 1 unspecified atom stereocenters. The SMILES string of the molecule is Cc1sc(Br)cc1S(=O)(=O)NC(C)(CBr)c1ccccc1. The molecule has 0 aliphatic heterocycles. The lowest BCUT2D eigenvalue weighted by molar-refractivity contribution is 0.482. The van der Waals surface area contributed by atoms with Crippen LogP contribution < -0.4 is 4.72 Å². The number of hydrogen-bond donors (Lipinski definition) is 1. The van der Waals surface area contributed by atoms with E-state index < -0.39 is 15.6 Å². The predicted octanol–water partition coefficient (Wildman–Crippen LogP) is 4.41. The molecule has 0 aliphatic rings. The summed E-state index contributed by atoms with van der Waals surface area (Å²) < 4.78 is 29.0. The minimum atomic E-state index is -3.59. The number of nitrogens with one attached hydrogen (secondary N) is 1. The van der Waals surface area contributed by atoms with Crippen LogP contribution in [0.4, 0.5) is 0 Å². The van der Waals surface area contributed by atoms with Crippen molar-refractivity contribution in [2.45, 2.75) is 24.3 Å². The fourth-order valence-corrected chi connectivity index (χ4v) is 6.48. The van der Waals surface area contributed by atoms with Gasteiger partial charge in [-0.05, 0) is 41.4 Å². The largest absolute Gasteiger partial charge is 0.242 e. The third kappa shape index (κ3) is 3.76. The van der Waals surface area contributed by atoms with Crippen LogP contribution in [-0.2, 0) is 15.6 Å². The smallest absolute Gasteiger partial charge is 0.207 e. The molecule has 0 aliphatic carbocycles. The van der Waals surface area contributed by atoms with E-state index in [4.69, 9.17) is 0 Å². The minimum Gasteiger partial charge on any atom is -0.207 e. The average Bonchev–Trinajstić information content (AvgIpc) is 2.79. The summed E-state index contributed by atoms with van der Waals surface area (Å²) in [5, 5.41) is 0.480. The number of hydrogen-bond acceptors (Lipinski definition) is 3. The van der Waals surface area contributed by atoms with Crippen molar-refractivity contribution in [1.82, 2.24) is 4.72 Å². The monoisotopic (exact) mass is 451 g/mol. The molecule has 3 nitrogen and oxygen atoms in total. The molecule has 0 fully saturated rings. The second-order valence-corrected chi connectivity index (χ2v) is 9.76. The fourth-order valence-electron chi connectivity index (χ4n) is 2.02. The molecule has 2 rings (SSSR count). The van der Waals surface area contributed by atoms with Crippen LogP contribution in [0.25, 0.3) is 0 Å². The molecule has 21 heavy (non-hydrogen) atoms. The van der Waals surface area contributed by atoms with Gasteiger partial charge in [0.2, 0.25) is 10.0 Å². The van der Waals surface area contributed by atoms with Crippen LogP contribution in [0, 0.1) is 6.92 Å². The number of thiophene rings is 1. The molecule has 1 aromatic carbocycles. The Morgan fingerprint density at radius 3 is 2.38 bits per heavy atom. The summed E-state index contributed by atoms with van der Waals surface area (Å²) >= 11 is 8.17. The molecule has 1 atom stereocenters. The Labute approximate surface area is 146 Å². The van der Waals surface area contributed by atoms with Crippen LogP contribution in [0.3, 0.4) is 0 Å². The number of rotatable bonds is 5. The van der Waals surface area contributed by atoms with Crippen molar-refractivity contribution in [2.24, 2.45) is 0 Å². The van der Waals surface area contributed by atoms with Gasteiger partial charge >= 0.3 is 0 Å². The molecule has 0 saturated carbocycles. The number of aryl methyl sites for hydroxylation is 1. The molecule has 1 aromatic heterocycles. The Balaban J connectivity index is 2.40. The maximum atomic E-state index is 12.7. The third-order valence-electron chi connectivity index (χ3n) is 3.17. The van der Waals surface area contributed by atoms with Crippen molar-refractivity contribution in [1.29, 1.82) is 0 Å². The summed E-state index contributed by atoms with van der Waals surface area (Å²) in [6.07, 6.45) is 0. The van der Waals surface area contributed by atoms with Gasteiger partial charge in [0, 0.05) is 10.2 Å². The zero-order valence-corrected chi connectivity index (χ0v) is 16.4. The summed E-state index contributed by atoms with van der Waals surface area (Å²) in [4.78, 5) is 1.09. The summed E-state index contributed by atoms with van der Waals surface area (Å²) in [5.41, 5.74) is 0.207. The van der Waals surface area contributed by atoms with E-state index in [0.29, 0.717) is 10.2 Å². The highest BCUT2D eigenvalue weighted by atomic mass is 79.9. The van der Waals surface area contributed by atoms with Crippen molar-refractivity contribution in [2.75, 3.05) is 5.33 Å². The summed E-state index contributed by atoms with van der Waals surface area (Å²) in [6, 6.07) is 11.2. The highest BCUT2D eigenvalue weighted by Gasteiger charge is 2.32. The Kier molecular flexibility index (Phi) is 5.31. The van der Waals surface area contributed by atoms with E-state index in [1.165, 1.54) is 11.3 Å². The first-order chi connectivity index (χ1) is 9.78. The topological polar surface area (TPSA) is 46.2 Å². The van der Waals surface area contributed by atoms with Crippen LogP contribution in [0.1, 0.15) is 17.4 Å². The highest BCUT2D eigenvalue weighted by molar-refractivity contribution is 9.11. The molecular weight excluding hydrogens is 438 g/mol. The standard InChI is InChI=1S/C14H15Br2NO2S2/c1-10-12(8-13(16)20-10)21(18,19)17-14(2,9-15)11-6-4-3-5-7-11/h3-8,17H,9H2,1-2H3. The van der Waals surface area contributed by atoms with Crippen molar-refractivity contribution in [3.05, 3.63) is 50.6 Å². The first-order valence-corrected chi connectivity index (χ1v) is 10.4. The van der Waals surface area contributed by atoms with Gasteiger partial charge in [-0.15, -0.1) is 11.3 Å². The second-order valence-electron chi connectivity index (χ2n) is 4.91. The van der Waals surface area contributed by atoms with E-state index >= 15 is 0 Å². The molecule has 0 saturated heterocycles. The van der Waals surface area contributed by atoms with Gasteiger partial charge in [0.1, 0.15) is 0 Å². The lowest BCUT2D eigenvalue weighted by Crippen LogP contribution is -2.44. The zero-order chi connectivity index (χ0) is 15.7. The van der Waals surface area contributed by atoms with E-state index in [1.807, 2.05) is 37.3 Å². The summed E-state index contributed by atoms with van der Waals surface area (Å²) in [5.74, 6) is 0. The van der Waals surface area contributed by atoms with Crippen molar-refractivity contribution in [3.63, 3.8) is 0 Å². The van der Waals surface area contributed by atoms with Crippen LogP contribution in [0.15, 0.2) is 45.1 Å². The average molecular weight is 453 g/mol. The fraction of sp³-hybridized carbons (Fsp3) is 0.286.